The van der Waals surface area contributed by atoms with Crippen LogP contribution in [0.4, 0.5) is 0 Å². The van der Waals surface area contributed by atoms with Crippen LogP contribution in [0.5, 0.6) is 5.75 Å². The second-order valence-corrected chi connectivity index (χ2v) is 4.59. The third-order valence-corrected chi connectivity index (χ3v) is 2.53. The molecule has 2 N–H and O–H groups in total. The molecule has 0 aliphatic rings. The van der Waals surface area contributed by atoms with E-state index in [4.69, 9.17) is 9.84 Å². The fourth-order valence-corrected chi connectivity index (χ4v) is 1.63. The average molecular weight is 252 g/mol. The average Bonchev–Trinajstić information content (AvgIpc) is 2.35. The minimum Gasteiger partial charge on any atom is -0.506 e. The smallest absolute Gasteiger partial charge is 0.322 e. The van der Waals surface area contributed by atoms with Crippen molar-refractivity contribution in [1.82, 2.24) is 10.3 Å². The number of aromatic hydroxyl groups is 1. The first-order chi connectivity index (χ1) is 8.52. The SMILES string of the molecule is COC(=O)C(CC(C)C)NCc1ccc(O)cn1. The van der Waals surface area contributed by atoms with E-state index >= 15 is 0 Å². The summed E-state index contributed by atoms with van der Waals surface area (Å²) in [5.41, 5.74) is 0.769. The lowest BCUT2D eigenvalue weighted by atomic mass is 10.0. The van der Waals surface area contributed by atoms with E-state index in [9.17, 15) is 4.79 Å². The maximum Gasteiger partial charge on any atom is 0.322 e. The molecule has 0 saturated carbocycles. The van der Waals surface area contributed by atoms with Crippen molar-refractivity contribution in [3.05, 3.63) is 24.0 Å². The van der Waals surface area contributed by atoms with Gasteiger partial charge in [-0.2, -0.15) is 0 Å². The molecule has 5 nitrogen and oxygen atoms in total. The Hall–Kier alpha value is -1.62. The summed E-state index contributed by atoms with van der Waals surface area (Å²) in [6.45, 7) is 4.57. The monoisotopic (exact) mass is 252 g/mol. The van der Waals surface area contributed by atoms with Gasteiger partial charge in [0.1, 0.15) is 11.8 Å². The topological polar surface area (TPSA) is 71.5 Å². The lowest BCUT2D eigenvalue weighted by Gasteiger charge is -2.18. The molecule has 1 aromatic rings. The largest absolute Gasteiger partial charge is 0.506 e. The zero-order chi connectivity index (χ0) is 13.5. The second kappa shape index (κ2) is 6.96. The standard InChI is InChI=1S/C13H20N2O3/c1-9(2)6-12(13(17)18-3)15-7-10-4-5-11(16)8-14-10/h4-5,8-9,12,15-16H,6-7H2,1-3H3. The molecule has 1 unspecified atom stereocenters. The quantitative estimate of drug-likeness (QED) is 0.750. The van der Waals surface area contributed by atoms with Gasteiger partial charge in [0.05, 0.1) is 19.0 Å². The molecule has 0 saturated heterocycles. The van der Waals surface area contributed by atoms with E-state index in [1.807, 2.05) is 0 Å². The van der Waals surface area contributed by atoms with Crippen LogP contribution in [0.25, 0.3) is 0 Å². The Morgan fingerprint density at radius 3 is 2.72 bits per heavy atom. The van der Waals surface area contributed by atoms with Crippen LogP contribution in [-0.4, -0.2) is 29.2 Å². The first kappa shape index (κ1) is 14.4. The molecule has 1 rings (SSSR count). The molecule has 0 bridgehead atoms. The van der Waals surface area contributed by atoms with Crippen LogP contribution in [0.1, 0.15) is 26.0 Å². The minimum atomic E-state index is -0.328. The summed E-state index contributed by atoms with van der Waals surface area (Å²) in [4.78, 5) is 15.6. The first-order valence-corrected chi connectivity index (χ1v) is 5.98. The predicted molar refractivity (Wildman–Crippen MR) is 68.0 cm³/mol. The van der Waals surface area contributed by atoms with Gasteiger partial charge in [0.2, 0.25) is 0 Å². The van der Waals surface area contributed by atoms with Gasteiger partial charge in [0, 0.05) is 6.54 Å². The highest BCUT2D eigenvalue weighted by Crippen LogP contribution is 2.09. The number of carbonyl (C=O) groups is 1. The zero-order valence-corrected chi connectivity index (χ0v) is 11.0. The molecule has 5 heteroatoms. The molecule has 0 aliphatic heterocycles. The third-order valence-electron chi connectivity index (χ3n) is 2.53. The van der Waals surface area contributed by atoms with E-state index in [1.54, 1.807) is 12.1 Å². The van der Waals surface area contributed by atoms with Crippen molar-refractivity contribution >= 4 is 5.97 Å². The summed E-state index contributed by atoms with van der Waals surface area (Å²) in [5, 5.41) is 12.2. The van der Waals surface area contributed by atoms with Crippen LogP contribution < -0.4 is 5.32 Å². The van der Waals surface area contributed by atoms with Crippen molar-refractivity contribution in [1.29, 1.82) is 0 Å². The number of carbonyl (C=O) groups excluding carboxylic acids is 1. The molecule has 0 aliphatic carbocycles. The van der Waals surface area contributed by atoms with E-state index < -0.39 is 0 Å². The van der Waals surface area contributed by atoms with E-state index in [0.29, 0.717) is 18.9 Å². The van der Waals surface area contributed by atoms with Gasteiger partial charge >= 0.3 is 5.97 Å². The summed E-state index contributed by atoms with van der Waals surface area (Å²) >= 11 is 0. The lowest BCUT2D eigenvalue weighted by Crippen LogP contribution is -2.38. The van der Waals surface area contributed by atoms with Gasteiger partial charge in [-0.1, -0.05) is 13.8 Å². The molecular formula is C13H20N2O3. The zero-order valence-electron chi connectivity index (χ0n) is 11.0. The van der Waals surface area contributed by atoms with E-state index in [1.165, 1.54) is 13.3 Å². The Morgan fingerprint density at radius 2 is 2.22 bits per heavy atom. The van der Waals surface area contributed by atoms with Gasteiger partial charge in [-0.05, 0) is 24.5 Å². The maximum absolute atomic E-state index is 11.6. The van der Waals surface area contributed by atoms with Crippen molar-refractivity contribution < 1.29 is 14.6 Å². The highest BCUT2D eigenvalue weighted by atomic mass is 16.5. The van der Waals surface area contributed by atoms with Crippen molar-refractivity contribution in [2.24, 2.45) is 5.92 Å². The van der Waals surface area contributed by atoms with Crippen LogP contribution in [0.15, 0.2) is 18.3 Å². The van der Waals surface area contributed by atoms with Gasteiger partial charge in [0.15, 0.2) is 0 Å². The fourth-order valence-electron chi connectivity index (χ4n) is 1.63. The molecule has 1 aromatic heterocycles. The fraction of sp³-hybridized carbons (Fsp3) is 0.538. The number of nitrogens with zero attached hydrogens (tertiary/aromatic N) is 1. The van der Waals surface area contributed by atoms with Crippen molar-refractivity contribution in [2.45, 2.75) is 32.9 Å². The van der Waals surface area contributed by atoms with Gasteiger partial charge in [0.25, 0.3) is 0 Å². The van der Waals surface area contributed by atoms with Crippen LogP contribution >= 0.6 is 0 Å². The predicted octanol–water partition coefficient (Wildman–Crippen LogP) is 1.46. The van der Waals surface area contributed by atoms with Crippen molar-refractivity contribution in [3.8, 4) is 5.75 Å². The molecule has 1 heterocycles. The van der Waals surface area contributed by atoms with Crippen LogP contribution in [0.2, 0.25) is 0 Å². The number of hydrogen-bond donors (Lipinski definition) is 2. The van der Waals surface area contributed by atoms with E-state index in [-0.39, 0.29) is 17.8 Å². The number of ether oxygens (including phenoxy) is 1. The molecule has 0 aromatic carbocycles. The Morgan fingerprint density at radius 1 is 1.50 bits per heavy atom. The first-order valence-electron chi connectivity index (χ1n) is 5.98. The number of nitrogens with one attached hydrogen (secondary N) is 1. The molecule has 18 heavy (non-hydrogen) atoms. The summed E-state index contributed by atoms with van der Waals surface area (Å²) in [6, 6.07) is 2.96. The van der Waals surface area contributed by atoms with Gasteiger partial charge in [-0.15, -0.1) is 0 Å². The number of rotatable bonds is 6. The Bertz CT molecular complexity index is 376. The Balaban J connectivity index is 2.55. The van der Waals surface area contributed by atoms with Gasteiger partial charge in [-0.3, -0.25) is 15.1 Å². The van der Waals surface area contributed by atoms with E-state index in [2.05, 4.69) is 24.1 Å². The Kier molecular flexibility index (Phi) is 5.58. The number of esters is 1. The molecule has 1 atom stereocenters. The maximum atomic E-state index is 11.6. The van der Waals surface area contributed by atoms with E-state index in [0.717, 1.165) is 5.69 Å². The van der Waals surface area contributed by atoms with Gasteiger partial charge < -0.3 is 9.84 Å². The van der Waals surface area contributed by atoms with Crippen molar-refractivity contribution in [2.75, 3.05) is 7.11 Å². The Labute approximate surface area is 107 Å². The number of methoxy groups -OCH3 is 1. The highest BCUT2D eigenvalue weighted by Gasteiger charge is 2.19. The molecular weight excluding hydrogens is 232 g/mol. The highest BCUT2D eigenvalue weighted by molar-refractivity contribution is 5.75. The summed E-state index contributed by atoms with van der Waals surface area (Å²) in [5.74, 6) is 0.266. The third kappa shape index (κ3) is 4.71. The number of aromatic nitrogens is 1. The summed E-state index contributed by atoms with van der Waals surface area (Å²) < 4.78 is 4.76. The number of pyridine rings is 1. The minimum absolute atomic E-state index is 0.130. The molecule has 0 radical (unpaired) electrons. The summed E-state index contributed by atoms with van der Waals surface area (Å²) in [7, 11) is 1.39. The number of hydrogen-bond acceptors (Lipinski definition) is 5. The molecule has 0 fully saturated rings. The van der Waals surface area contributed by atoms with Crippen LogP contribution in [0, 0.1) is 5.92 Å². The summed E-state index contributed by atoms with van der Waals surface area (Å²) in [6.07, 6.45) is 2.09. The van der Waals surface area contributed by atoms with Crippen LogP contribution in [0.3, 0.4) is 0 Å². The van der Waals surface area contributed by atoms with Crippen molar-refractivity contribution in [3.63, 3.8) is 0 Å². The van der Waals surface area contributed by atoms with Crippen LogP contribution in [-0.2, 0) is 16.1 Å². The molecule has 100 valence electrons. The second-order valence-electron chi connectivity index (χ2n) is 4.59. The molecule has 0 amide bonds. The lowest BCUT2D eigenvalue weighted by molar-refractivity contribution is -0.143. The normalized spacial score (nSPS) is 12.4. The van der Waals surface area contributed by atoms with Gasteiger partial charge in [-0.25, -0.2) is 0 Å². The molecule has 0 spiro atoms.